The Hall–Kier alpha value is -1.87. The van der Waals surface area contributed by atoms with Gasteiger partial charge in [-0.1, -0.05) is 36.4 Å². The lowest BCUT2D eigenvalue weighted by atomic mass is 10.0. The lowest BCUT2D eigenvalue weighted by Crippen LogP contribution is -2.12. The second-order valence-electron chi connectivity index (χ2n) is 3.40. The van der Waals surface area contributed by atoms with Crippen molar-refractivity contribution in [1.29, 1.82) is 0 Å². The molecule has 1 heterocycles. The van der Waals surface area contributed by atoms with Gasteiger partial charge in [-0.3, -0.25) is 0 Å². The largest absolute Gasteiger partial charge is 0.384 e. The van der Waals surface area contributed by atoms with E-state index < -0.39 is 0 Å². The Kier molecular flexibility index (Phi) is 2.65. The van der Waals surface area contributed by atoms with Crippen molar-refractivity contribution < 1.29 is 0 Å². The number of anilines is 1. The van der Waals surface area contributed by atoms with E-state index in [2.05, 4.69) is 4.98 Å². The zero-order chi connectivity index (χ0) is 10.7. The van der Waals surface area contributed by atoms with Crippen LogP contribution in [0.5, 0.6) is 0 Å². The van der Waals surface area contributed by atoms with E-state index in [9.17, 15) is 0 Å². The average Bonchev–Trinajstić information content (AvgIpc) is 2.30. The fourth-order valence-corrected chi connectivity index (χ4v) is 1.45. The Morgan fingerprint density at radius 2 is 1.67 bits per heavy atom. The van der Waals surface area contributed by atoms with E-state index in [-0.39, 0.29) is 6.04 Å². The zero-order valence-electron chi connectivity index (χ0n) is 8.30. The molecule has 2 rings (SSSR count). The number of aromatic nitrogens is 1. The highest BCUT2D eigenvalue weighted by Crippen LogP contribution is 2.18. The van der Waals surface area contributed by atoms with Crippen LogP contribution < -0.4 is 11.5 Å². The molecule has 0 aliphatic rings. The summed E-state index contributed by atoms with van der Waals surface area (Å²) >= 11 is 0. The van der Waals surface area contributed by atoms with Crippen molar-refractivity contribution in [3.8, 4) is 0 Å². The van der Waals surface area contributed by atoms with Gasteiger partial charge in [0.15, 0.2) is 0 Å². The first-order valence-electron chi connectivity index (χ1n) is 4.79. The number of hydrogen-bond acceptors (Lipinski definition) is 3. The maximum Gasteiger partial charge on any atom is 0.123 e. The quantitative estimate of drug-likeness (QED) is 0.773. The van der Waals surface area contributed by atoms with Crippen molar-refractivity contribution in [3.63, 3.8) is 0 Å². The second-order valence-corrected chi connectivity index (χ2v) is 3.40. The monoisotopic (exact) mass is 199 g/mol. The van der Waals surface area contributed by atoms with Gasteiger partial charge in [0, 0.05) is 6.20 Å². The lowest BCUT2D eigenvalue weighted by Gasteiger charge is -2.11. The van der Waals surface area contributed by atoms with Crippen LogP contribution in [0.2, 0.25) is 0 Å². The van der Waals surface area contributed by atoms with Gasteiger partial charge in [0.1, 0.15) is 5.82 Å². The molecular weight excluding hydrogens is 186 g/mol. The summed E-state index contributed by atoms with van der Waals surface area (Å²) in [5.74, 6) is 0.513. The first-order chi connectivity index (χ1) is 7.27. The molecule has 0 aliphatic carbocycles. The molecule has 15 heavy (non-hydrogen) atoms. The van der Waals surface area contributed by atoms with E-state index in [0.717, 1.165) is 11.1 Å². The smallest absolute Gasteiger partial charge is 0.123 e. The lowest BCUT2D eigenvalue weighted by molar-refractivity contribution is 0.864. The van der Waals surface area contributed by atoms with E-state index >= 15 is 0 Å². The molecule has 3 nitrogen and oxygen atoms in total. The predicted molar refractivity (Wildman–Crippen MR) is 61.1 cm³/mol. The fourth-order valence-electron chi connectivity index (χ4n) is 1.45. The summed E-state index contributed by atoms with van der Waals surface area (Å²) in [6, 6.07) is 13.4. The van der Waals surface area contributed by atoms with Crippen LogP contribution in [-0.4, -0.2) is 4.98 Å². The summed E-state index contributed by atoms with van der Waals surface area (Å²) in [6.07, 6.45) is 1.72. The van der Waals surface area contributed by atoms with E-state index in [1.165, 1.54) is 0 Å². The van der Waals surface area contributed by atoms with Gasteiger partial charge in [0.05, 0.1) is 6.04 Å². The number of pyridine rings is 1. The normalized spacial score (nSPS) is 12.3. The Morgan fingerprint density at radius 3 is 2.27 bits per heavy atom. The van der Waals surface area contributed by atoms with Gasteiger partial charge < -0.3 is 11.5 Å². The van der Waals surface area contributed by atoms with Gasteiger partial charge in [0.25, 0.3) is 0 Å². The molecule has 0 radical (unpaired) electrons. The first-order valence-corrected chi connectivity index (χ1v) is 4.79. The Bertz CT molecular complexity index is 422. The second kappa shape index (κ2) is 4.11. The SMILES string of the molecule is Nc1ccc(C(N)c2ccccc2)cn1. The third-order valence-electron chi connectivity index (χ3n) is 2.33. The maximum atomic E-state index is 6.09. The first kappa shape index (κ1) is 9.68. The summed E-state index contributed by atoms with van der Waals surface area (Å²) in [5.41, 5.74) is 13.6. The molecule has 76 valence electrons. The molecule has 0 fully saturated rings. The number of nitrogen functional groups attached to an aromatic ring is 1. The summed E-state index contributed by atoms with van der Waals surface area (Å²) < 4.78 is 0. The number of nitrogens with two attached hydrogens (primary N) is 2. The third kappa shape index (κ3) is 2.14. The van der Waals surface area contributed by atoms with Crippen LogP contribution >= 0.6 is 0 Å². The molecule has 1 aromatic carbocycles. The number of rotatable bonds is 2. The maximum absolute atomic E-state index is 6.09. The van der Waals surface area contributed by atoms with E-state index in [0.29, 0.717) is 5.82 Å². The van der Waals surface area contributed by atoms with Crippen molar-refractivity contribution >= 4 is 5.82 Å². The van der Waals surface area contributed by atoms with Crippen LogP contribution in [0, 0.1) is 0 Å². The van der Waals surface area contributed by atoms with E-state index in [1.54, 1.807) is 12.3 Å². The number of nitrogens with zero attached hydrogens (tertiary/aromatic N) is 1. The highest BCUT2D eigenvalue weighted by molar-refractivity contribution is 5.35. The summed E-state index contributed by atoms with van der Waals surface area (Å²) in [6.45, 7) is 0. The van der Waals surface area contributed by atoms with Gasteiger partial charge in [0.2, 0.25) is 0 Å². The molecule has 0 aliphatic heterocycles. The van der Waals surface area contributed by atoms with Crippen molar-refractivity contribution in [2.45, 2.75) is 6.04 Å². The highest BCUT2D eigenvalue weighted by atomic mass is 14.8. The third-order valence-corrected chi connectivity index (χ3v) is 2.33. The van der Waals surface area contributed by atoms with Gasteiger partial charge in [-0.2, -0.15) is 0 Å². The molecule has 1 atom stereocenters. The molecule has 4 N–H and O–H groups in total. The van der Waals surface area contributed by atoms with E-state index in [4.69, 9.17) is 11.5 Å². The Labute approximate surface area is 88.8 Å². The molecule has 1 unspecified atom stereocenters. The summed E-state index contributed by atoms with van der Waals surface area (Å²) in [5, 5.41) is 0. The molecule has 2 aromatic rings. The van der Waals surface area contributed by atoms with Crippen molar-refractivity contribution in [3.05, 3.63) is 59.8 Å². The van der Waals surface area contributed by atoms with Gasteiger partial charge in [-0.05, 0) is 17.2 Å². The highest BCUT2D eigenvalue weighted by Gasteiger charge is 2.07. The molecule has 0 amide bonds. The molecule has 0 spiro atoms. The van der Waals surface area contributed by atoms with E-state index in [1.807, 2.05) is 36.4 Å². The molecule has 0 bridgehead atoms. The molecule has 0 saturated carbocycles. The molecule has 1 aromatic heterocycles. The van der Waals surface area contributed by atoms with Crippen LogP contribution in [0.4, 0.5) is 5.82 Å². The van der Waals surface area contributed by atoms with Crippen LogP contribution in [0.1, 0.15) is 17.2 Å². The Balaban J connectivity index is 2.29. The fraction of sp³-hybridized carbons (Fsp3) is 0.0833. The average molecular weight is 199 g/mol. The van der Waals surface area contributed by atoms with Gasteiger partial charge >= 0.3 is 0 Å². The predicted octanol–water partition coefficient (Wildman–Crippen LogP) is 1.71. The van der Waals surface area contributed by atoms with Crippen LogP contribution in [0.3, 0.4) is 0 Å². The minimum Gasteiger partial charge on any atom is -0.384 e. The number of hydrogen-bond donors (Lipinski definition) is 2. The Morgan fingerprint density at radius 1 is 0.933 bits per heavy atom. The van der Waals surface area contributed by atoms with Crippen LogP contribution in [0.25, 0.3) is 0 Å². The van der Waals surface area contributed by atoms with Gasteiger partial charge in [-0.15, -0.1) is 0 Å². The number of benzene rings is 1. The van der Waals surface area contributed by atoms with Crippen molar-refractivity contribution in [2.75, 3.05) is 5.73 Å². The summed E-state index contributed by atoms with van der Waals surface area (Å²) in [7, 11) is 0. The minimum absolute atomic E-state index is 0.140. The summed E-state index contributed by atoms with van der Waals surface area (Å²) in [4.78, 5) is 4.02. The van der Waals surface area contributed by atoms with Crippen LogP contribution in [-0.2, 0) is 0 Å². The topological polar surface area (TPSA) is 64.9 Å². The van der Waals surface area contributed by atoms with Gasteiger partial charge in [-0.25, -0.2) is 4.98 Å². The molecule has 3 heteroatoms. The standard InChI is InChI=1S/C12H13N3/c13-11-7-6-10(8-15-11)12(14)9-4-2-1-3-5-9/h1-8,12H,14H2,(H2,13,15). The minimum atomic E-state index is -0.140. The van der Waals surface area contributed by atoms with Crippen LogP contribution in [0.15, 0.2) is 48.7 Å². The molecular formula is C12H13N3. The molecule has 0 saturated heterocycles. The van der Waals surface area contributed by atoms with Crippen molar-refractivity contribution in [2.24, 2.45) is 5.73 Å². The van der Waals surface area contributed by atoms with Crippen molar-refractivity contribution in [1.82, 2.24) is 4.98 Å². The zero-order valence-corrected chi connectivity index (χ0v) is 8.30.